The van der Waals surface area contributed by atoms with Crippen LogP contribution >= 0.6 is 31.9 Å². The smallest absolute Gasteiger partial charge is 0.242 e. The molecule has 0 aliphatic carbocycles. The van der Waals surface area contributed by atoms with Gasteiger partial charge in [0.25, 0.3) is 0 Å². The Hall–Kier alpha value is 0.197. The van der Waals surface area contributed by atoms with Crippen LogP contribution in [0.1, 0.15) is 26.3 Å². The van der Waals surface area contributed by atoms with E-state index in [1.54, 1.807) is 0 Å². The van der Waals surface area contributed by atoms with Crippen molar-refractivity contribution in [3.05, 3.63) is 26.6 Å². The fraction of sp³-hybridized carbons (Fsp3) is 0.538. The van der Waals surface area contributed by atoms with Gasteiger partial charge >= 0.3 is 0 Å². The molecule has 0 atom stereocenters. The van der Waals surface area contributed by atoms with Gasteiger partial charge in [-0.1, -0.05) is 20.8 Å². The Morgan fingerprint density at radius 1 is 1.00 bits per heavy atom. The van der Waals surface area contributed by atoms with E-state index in [9.17, 15) is 0 Å². The van der Waals surface area contributed by atoms with Crippen LogP contribution in [0, 0.1) is 0 Å². The fourth-order valence-corrected chi connectivity index (χ4v) is 3.88. The Kier molecular flexibility index (Phi) is 4.54. The van der Waals surface area contributed by atoms with Gasteiger partial charge in [-0.15, -0.1) is 0 Å². The molecule has 0 spiro atoms. The highest BCUT2D eigenvalue weighted by Gasteiger charge is 2.22. The molecule has 0 unspecified atom stereocenters. The highest BCUT2D eigenvalue weighted by Crippen LogP contribution is 2.39. The standard InChI is InChI=1S/C13H20Br2OSi/c1-13(2,3)9-7-10(14)12(11(15)8-9)16-17(4,5)6/h7-8H,1-6H3. The van der Waals surface area contributed by atoms with Gasteiger partial charge in [-0.05, 0) is 74.6 Å². The molecule has 17 heavy (non-hydrogen) atoms. The van der Waals surface area contributed by atoms with E-state index in [0.29, 0.717) is 0 Å². The summed E-state index contributed by atoms with van der Waals surface area (Å²) in [5.74, 6) is 0.928. The van der Waals surface area contributed by atoms with Crippen LogP contribution in [0.5, 0.6) is 5.75 Å². The first-order chi connectivity index (χ1) is 7.50. The topological polar surface area (TPSA) is 9.23 Å². The molecule has 0 aromatic heterocycles. The first-order valence-corrected chi connectivity index (χ1v) is 10.7. The summed E-state index contributed by atoms with van der Waals surface area (Å²) in [5.41, 5.74) is 1.43. The maximum atomic E-state index is 6.08. The molecule has 0 saturated heterocycles. The Balaban J connectivity index is 3.20. The molecular formula is C13H20Br2OSi. The Morgan fingerprint density at radius 2 is 1.41 bits per heavy atom. The van der Waals surface area contributed by atoms with Gasteiger partial charge < -0.3 is 4.43 Å². The summed E-state index contributed by atoms with van der Waals surface area (Å²) in [6.45, 7) is 13.2. The number of hydrogen-bond acceptors (Lipinski definition) is 1. The highest BCUT2D eigenvalue weighted by atomic mass is 79.9. The quantitative estimate of drug-likeness (QED) is 0.596. The number of rotatable bonds is 2. The minimum absolute atomic E-state index is 0.142. The third-order valence-electron chi connectivity index (χ3n) is 2.27. The zero-order valence-corrected chi connectivity index (χ0v) is 15.5. The average Bonchev–Trinajstić information content (AvgIpc) is 2.07. The molecule has 0 heterocycles. The van der Waals surface area contributed by atoms with Crippen molar-refractivity contribution < 1.29 is 4.43 Å². The van der Waals surface area contributed by atoms with Crippen molar-refractivity contribution in [1.29, 1.82) is 0 Å². The van der Waals surface area contributed by atoms with Crippen LogP contribution in [0.25, 0.3) is 0 Å². The van der Waals surface area contributed by atoms with Gasteiger partial charge in [-0.25, -0.2) is 0 Å². The monoisotopic (exact) mass is 378 g/mol. The maximum Gasteiger partial charge on any atom is 0.242 e. The van der Waals surface area contributed by atoms with Crippen molar-refractivity contribution in [2.24, 2.45) is 0 Å². The summed E-state index contributed by atoms with van der Waals surface area (Å²) in [4.78, 5) is 0. The Morgan fingerprint density at radius 3 is 1.71 bits per heavy atom. The van der Waals surface area contributed by atoms with Crippen molar-refractivity contribution in [3.63, 3.8) is 0 Å². The van der Waals surface area contributed by atoms with Crippen LogP contribution < -0.4 is 4.43 Å². The van der Waals surface area contributed by atoms with Crippen LogP contribution in [0.3, 0.4) is 0 Å². The normalized spacial score (nSPS) is 12.7. The second-order valence-electron chi connectivity index (χ2n) is 6.23. The van der Waals surface area contributed by atoms with Crippen molar-refractivity contribution in [2.75, 3.05) is 0 Å². The summed E-state index contributed by atoms with van der Waals surface area (Å²) in [5, 5.41) is 0. The Bertz CT molecular complexity index is 393. The highest BCUT2D eigenvalue weighted by molar-refractivity contribution is 9.11. The van der Waals surface area contributed by atoms with Gasteiger partial charge in [0.1, 0.15) is 5.75 Å². The van der Waals surface area contributed by atoms with E-state index in [1.165, 1.54) is 5.56 Å². The SMILES string of the molecule is CC(C)(C)c1cc(Br)c(O[Si](C)(C)C)c(Br)c1. The zero-order valence-electron chi connectivity index (χ0n) is 11.3. The zero-order chi connectivity index (χ0) is 13.4. The average molecular weight is 380 g/mol. The summed E-state index contributed by atoms with van der Waals surface area (Å²) < 4.78 is 8.13. The van der Waals surface area contributed by atoms with Gasteiger partial charge in [0.2, 0.25) is 8.32 Å². The molecule has 0 N–H and O–H groups in total. The second-order valence-corrected chi connectivity index (χ2v) is 12.4. The largest absolute Gasteiger partial charge is 0.543 e. The number of benzene rings is 1. The molecule has 0 saturated carbocycles. The molecule has 1 rings (SSSR count). The van der Waals surface area contributed by atoms with E-state index in [-0.39, 0.29) is 5.41 Å². The first kappa shape index (κ1) is 15.3. The molecule has 0 bridgehead atoms. The molecule has 4 heteroatoms. The predicted molar refractivity (Wildman–Crippen MR) is 84.5 cm³/mol. The fourth-order valence-electron chi connectivity index (χ4n) is 1.40. The number of halogens is 2. The lowest BCUT2D eigenvalue weighted by Crippen LogP contribution is -2.29. The summed E-state index contributed by atoms with van der Waals surface area (Å²) in [6.07, 6.45) is 0. The van der Waals surface area contributed by atoms with E-state index in [2.05, 4.69) is 84.4 Å². The lowest BCUT2D eigenvalue weighted by molar-refractivity contribution is 0.545. The molecule has 0 fully saturated rings. The van der Waals surface area contributed by atoms with E-state index in [0.717, 1.165) is 14.7 Å². The van der Waals surface area contributed by atoms with E-state index in [1.807, 2.05) is 0 Å². The van der Waals surface area contributed by atoms with Crippen molar-refractivity contribution in [1.82, 2.24) is 0 Å². The van der Waals surface area contributed by atoms with Crippen molar-refractivity contribution in [2.45, 2.75) is 45.8 Å². The number of hydrogen-bond donors (Lipinski definition) is 0. The summed E-state index contributed by atoms with van der Waals surface area (Å²) in [6, 6.07) is 4.31. The molecule has 96 valence electrons. The van der Waals surface area contributed by atoms with Crippen LogP contribution in [0.4, 0.5) is 0 Å². The minimum Gasteiger partial charge on any atom is -0.543 e. The lowest BCUT2D eigenvalue weighted by Gasteiger charge is -2.25. The lowest BCUT2D eigenvalue weighted by atomic mass is 9.87. The first-order valence-electron chi connectivity index (χ1n) is 5.69. The van der Waals surface area contributed by atoms with E-state index < -0.39 is 8.32 Å². The Labute approximate surface area is 122 Å². The molecule has 1 aromatic carbocycles. The molecule has 0 aliphatic heterocycles. The molecule has 0 radical (unpaired) electrons. The summed E-state index contributed by atoms with van der Waals surface area (Å²) >= 11 is 7.22. The molecule has 0 aliphatic rings. The molecule has 0 amide bonds. The van der Waals surface area contributed by atoms with Crippen LogP contribution in [0.2, 0.25) is 19.6 Å². The molecule has 1 nitrogen and oxygen atoms in total. The maximum absolute atomic E-state index is 6.08. The van der Waals surface area contributed by atoms with Gasteiger partial charge in [0.05, 0.1) is 8.95 Å². The summed E-state index contributed by atoms with van der Waals surface area (Å²) in [7, 11) is -1.58. The second kappa shape index (κ2) is 5.06. The third-order valence-corrected chi connectivity index (χ3v) is 4.27. The minimum atomic E-state index is -1.58. The van der Waals surface area contributed by atoms with Crippen LogP contribution in [-0.2, 0) is 5.41 Å². The predicted octanol–water partition coefficient (Wildman–Crippen LogP) is 5.72. The molecule has 1 aromatic rings. The van der Waals surface area contributed by atoms with Crippen LogP contribution in [-0.4, -0.2) is 8.32 Å². The van der Waals surface area contributed by atoms with Gasteiger partial charge in [0, 0.05) is 0 Å². The van der Waals surface area contributed by atoms with E-state index in [4.69, 9.17) is 4.43 Å². The van der Waals surface area contributed by atoms with E-state index >= 15 is 0 Å². The molecular weight excluding hydrogens is 360 g/mol. The van der Waals surface area contributed by atoms with Crippen LogP contribution in [0.15, 0.2) is 21.1 Å². The van der Waals surface area contributed by atoms with Gasteiger partial charge in [0.15, 0.2) is 0 Å². The van der Waals surface area contributed by atoms with Crippen molar-refractivity contribution in [3.8, 4) is 5.75 Å². The van der Waals surface area contributed by atoms with Crippen molar-refractivity contribution >= 4 is 40.2 Å². The van der Waals surface area contributed by atoms with Gasteiger partial charge in [-0.3, -0.25) is 0 Å². The third kappa shape index (κ3) is 4.41. The van der Waals surface area contributed by atoms with Gasteiger partial charge in [-0.2, -0.15) is 0 Å².